The number of aliphatic hydroxyl groups excluding tert-OH is 3. The lowest BCUT2D eigenvalue weighted by Gasteiger charge is -2.39. The molecule has 12 heteroatoms. The van der Waals surface area contributed by atoms with Gasteiger partial charge in [0.15, 0.2) is 17.2 Å². The van der Waals surface area contributed by atoms with Gasteiger partial charge in [0.25, 0.3) is 0 Å². The fourth-order valence-electron chi connectivity index (χ4n) is 3.25. The van der Waals surface area contributed by atoms with E-state index >= 15 is 0 Å². The molecule has 5 atom stereocenters. The van der Waals surface area contributed by atoms with Crippen LogP contribution in [0, 0.1) is 6.92 Å². The van der Waals surface area contributed by atoms with Crippen LogP contribution in [0.4, 0.5) is 0 Å². The van der Waals surface area contributed by atoms with Crippen molar-refractivity contribution in [1.29, 1.82) is 0 Å². The fraction of sp³-hybridized carbons (Fsp3) is 0.364. The number of aliphatic hydroxyl groups is 3. The number of methoxy groups -OCH3 is 1. The highest BCUT2D eigenvalue weighted by Crippen LogP contribution is 2.35. The molecule has 1 fully saturated rings. The van der Waals surface area contributed by atoms with Gasteiger partial charge in [-0.05, 0) is 36.8 Å². The molecule has 184 valence electrons. The maximum Gasteiger partial charge on any atom is 0.338 e. The topological polar surface area (TPSA) is 192 Å². The summed E-state index contributed by atoms with van der Waals surface area (Å²) in [5.41, 5.74) is 0.508. The molecule has 1 aliphatic rings. The van der Waals surface area contributed by atoms with Crippen LogP contribution in [0.3, 0.4) is 0 Å². The first-order valence-corrected chi connectivity index (χ1v) is 10.0. The molecule has 0 spiro atoms. The van der Waals surface area contributed by atoms with Crippen LogP contribution in [-0.2, 0) is 14.2 Å². The van der Waals surface area contributed by atoms with Crippen LogP contribution >= 0.6 is 0 Å². The zero-order valence-corrected chi connectivity index (χ0v) is 18.1. The molecule has 34 heavy (non-hydrogen) atoms. The van der Waals surface area contributed by atoms with Crippen molar-refractivity contribution in [1.82, 2.24) is 0 Å². The molecule has 0 aromatic heterocycles. The Balaban J connectivity index is 1.71. The molecule has 1 saturated heterocycles. The molecule has 0 aliphatic carbocycles. The SMILES string of the molecule is COC(=O)c1cc(OC2OC(COC(=O)c3cc(O)c(O)c(O)c3)C(O)C(O)C2O)ccc1C. The molecule has 1 heterocycles. The Morgan fingerprint density at radius 1 is 0.941 bits per heavy atom. The molecular formula is C22H24O12. The number of phenols is 3. The van der Waals surface area contributed by atoms with Gasteiger partial charge in [0.05, 0.1) is 18.2 Å². The van der Waals surface area contributed by atoms with Gasteiger partial charge in [-0.1, -0.05) is 6.07 Å². The van der Waals surface area contributed by atoms with E-state index in [1.165, 1.54) is 19.2 Å². The number of benzene rings is 2. The lowest BCUT2D eigenvalue weighted by molar-refractivity contribution is -0.277. The first-order chi connectivity index (χ1) is 16.0. The number of esters is 2. The van der Waals surface area contributed by atoms with Crippen molar-refractivity contribution < 1.29 is 59.2 Å². The van der Waals surface area contributed by atoms with Gasteiger partial charge in [-0.25, -0.2) is 9.59 Å². The average Bonchev–Trinajstić information content (AvgIpc) is 2.82. The minimum Gasteiger partial charge on any atom is -0.504 e. The van der Waals surface area contributed by atoms with Gasteiger partial charge >= 0.3 is 11.9 Å². The molecule has 2 aromatic carbocycles. The average molecular weight is 480 g/mol. The molecule has 6 N–H and O–H groups in total. The molecular weight excluding hydrogens is 456 g/mol. The number of aryl methyl sites for hydroxylation is 1. The Morgan fingerprint density at radius 2 is 1.59 bits per heavy atom. The third-order valence-corrected chi connectivity index (χ3v) is 5.22. The van der Waals surface area contributed by atoms with Crippen molar-refractivity contribution in [2.45, 2.75) is 37.6 Å². The molecule has 0 amide bonds. The van der Waals surface area contributed by atoms with Gasteiger partial charge in [0, 0.05) is 0 Å². The summed E-state index contributed by atoms with van der Waals surface area (Å²) in [6.07, 6.45) is -7.91. The van der Waals surface area contributed by atoms with E-state index in [2.05, 4.69) is 0 Å². The monoisotopic (exact) mass is 480 g/mol. The van der Waals surface area contributed by atoms with E-state index in [0.717, 1.165) is 12.1 Å². The number of carbonyl (C=O) groups is 2. The third-order valence-electron chi connectivity index (χ3n) is 5.22. The zero-order valence-electron chi connectivity index (χ0n) is 18.1. The summed E-state index contributed by atoms with van der Waals surface area (Å²) in [6, 6.07) is 6.14. The van der Waals surface area contributed by atoms with Crippen LogP contribution < -0.4 is 4.74 Å². The lowest BCUT2D eigenvalue weighted by atomic mass is 9.99. The van der Waals surface area contributed by atoms with Crippen molar-refractivity contribution >= 4 is 11.9 Å². The normalized spacial score (nSPS) is 24.3. The maximum atomic E-state index is 12.2. The maximum absolute atomic E-state index is 12.2. The molecule has 0 saturated carbocycles. The summed E-state index contributed by atoms with van der Waals surface area (Å²) in [5.74, 6) is -3.87. The molecule has 0 bridgehead atoms. The first-order valence-electron chi connectivity index (χ1n) is 10.0. The van der Waals surface area contributed by atoms with E-state index in [0.29, 0.717) is 5.56 Å². The largest absolute Gasteiger partial charge is 0.504 e. The molecule has 1 aliphatic heterocycles. The summed E-state index contributed by atoms with van der Waals surface area (Å²) in [4.78, 5) is 24.1. The van der Waals surface area contributed by atoms with Gasteiger partial charge < -0.3 is 49.6 Å². The predicted octanol–water partition coefficient (Wildman–Crippen LogP) is -0.0582. The summed E-state index contributed by atoms with van der Waals surface area (Å²) >= 11 is 0. The van der Waals surface area contributed by atoms with Gasteiger partial charge in [-0.15, -0.1) is 0 Å². The quantitative estimate of drug-likeness (QED) is 0.239. The molecule has 0 radical (unpaired) electrons. The standard InChI is InChI=1S/C22H24O12/c1-9-3-4-11(7-12(9)21(30)31-2)33-22-19(28)18(27)17(26)15(34-22)8-32-20(29)10-5-13(23)16(25)14(24)6-10/h3-7,15,17-19,22-28H,8H2,1-2H3. The molecule has 3 rings (SSSR count). The van der Waals surface area contributed by atoms with Crippen molar-refractivity contribution in [2.24, 2.45) is 0 Å². The molecule has 2 aromatic rings. The second kappa shape index (κ2) is 10.1. The predicted molar refractivity (Wildman–Crippen MR) is 112 cm³/mol. The van der Waals surface area contributed by atoms with Gasteiger partial charge in [-0.3, -0.25) is 0 Å². The highest BCUT2D eigenvalue weighted by Gasteiger charge is 2.45. The summed E-state index contributed by atoms with van der Waals surface area (Å²) in [6.45, 7) is 1.08. The Kier molecular flexibility index (Phi) is 7.47. The Hall–Kier alpha value is -3.58. The minimum atomic E-state index is -1.73. The van der Waals surface area contributed by atoms with Crippen LogP contribution in [0.15, 0.2) is 30.3 Å². The number of rotatable bonds is 6. The van der Waals surface area contributed by atoms with E-state index in [1.807, 2.05) is 0 Å². The number of hydrogen-bond donors (Lipinski definition) is 6. The van der Waals surface area contributed by atoms with E-state index in [1.54, 1.807) is 13.0 Å². The number of ether oxygens (including phenoxy) is 4. The van der Waals surface area contributed by atoms with Gasteiger partial charge in [0.2, 0.25) is 6.29 Å². The van der Waals surface area contributed by atoms with E-state index in [-0.39, 0.29) is 16.9 Å². The summed E-state index contributed by atoms with van der Waals surface area (Å²) < 4.78 is 20.8. The molecule has 5 unspecified atom stereocenters. The van der Waals surface area contributed by atoms with Gasteiger partial charge in [0.1, 0.15) is 36.8 Å². The Morgan fingerprint density at radius 3 is 2.21 bits per heavy atom. The third kappa shape index (κ3) is 5.15. The summed E-state index contributed by atoms with van der Waals surface area (Å²) in [7, 11) is 1.22. The van der Waals surface area contributed by atoms with Crippen LogP contribution in [0.1, 0.15) is 26.3 Å². The van der Waals surface area contributed by atoms with E-state index in [9.17, 15) is 40.2 Å². The van der Waals surface area contributed by atoms with Crippen molar-refractivity contribution in [3.8, 4) is 23.0 Å². The van der Waals surface area contributed by atoms with Crippen molar-refractivity contribution in [3.63, 3.8) is 0 Å². The fourth-order valence-corrected chi connectivity index (χ4v) is 3.25. The van der Waals surface area contributed by atoms with Crippen molar-refractivity contribution in [2.75, 3.05) is 13.7 Å². The second-order valence-electron chi connectivity index (χ2n) is 7.56. The van der Waals surface area contributed by atoms with Crippen molar-refractivity contribution in [3.05, 3.63) is 47.0 Å². The van der Waals surface area contributed by atoms with Crippen LogP contribution in [0.2, 0.25) is 0 Å². The Labute approximate surface area is 193 Å². The summed E-state index contributed by atoms with van der Waals surface area (Å²) in [5, 5.41) is 59.1. The van der Waals surface area contributed by atoms with Crippen LogP contribution in [0.25, 0.3) is 0 Å². The lowest BCUT2D eigenvalue weighted by Crippen LogP contribution is -2.60. The smallest absolute Gasteiger partial charge is 0.338 e. The number of carbonyl (C=O) groups excluding carboxylic acids is 2. The zero-order chi connectivity index (χ0) is 25.2. The number of aromatic hydroxyl groups is 3. The van der Waals surface area contributed by atoms with Crippen LogP contribution in [0.5, 0.6) is 23.0 Å². The minimum absolute atomic E-state index is 0.101. The van der Waals surface area contributed by atoms with Crippen LogP contribution in [-0.4, -0.2) is 87.0 Å². The highest BCUT2D eigenvalue weighted by atomic mass is 16.7. The Bertz CT molecular complexity index is 1040. The number of hydrogen-bond acceptors (Lipinski definition) is 12. The molecule has 12 nitrogen and oxygen atoms in total. The first kappa shape index (κ1) is 25.1. The number of phenolic OH excluding ortho intramolecular Hbond substituents is 3. The second-order valence-corrected chi connectivity index (χ2v) is 7.56. The highest BCUT2D eigenvalue weighted by molar-refractivity contribution is 5.91. The van der Waals surface area contributed by atoms with E-state index < -0.39 is 66.5 Å². The van der Waals surface area contributed by atoms with Gasteiger partial charge in [-0.2, -0.15) is 0 Å². The van der Waals surface area contributed by atoms with E-state index in [4.69, 9.17) is 18.9 Å².